The van der Waals surface area contributed by atoms with Gasteiger partial charge in [0.2, 0.25) is 0 Å². The van der Waals surface area contributed by atoms with Gasteiger partial charge in [0.1, 0.15) is 5.70 Å². The van der Waals surface area contributed by atoms with E-state index in [0.29, 0.717) is 33.4 Å². The fraction of sp³-hybridized carbons (Fsp3) is 0.174. The highest BCUT2D eigenvalue weighted by Crippen LogP contribution is 2.24. The van der Waals surface area contributed by atoms with Crippen molar-refractivity contribution in [2.45, 2.75) is 26.8 Å². The zero-order valence-electron chi connectivity index (χ0n) is 17.4. The van der Waals surface area contributed by atoms with Crippen molar-refractivity contribution in [1.82, 2.24) is 20.0 Å². The molecule has 9 heteroatoms. The molecule has 2 heterocycles. The number of nitrogens with zero attached hydrogens (tertiary/aromatic N) is 2. The van der Waals surface area contributed by atoms with Crippen LogP contribution in [0.3, 0.4) is 0 Å². The number of nitrogens with one attached hydrogen (secondary N) is 2. The smallest absolute Gasteiger partial charge is 0.303 e. The van der Waals surface area contributed by atoms with Crippen molar-refractivity contribution in [3.63, 3.8) is 0 Å². The molecule has 4 rings (SSSR count). The number of hydrogen-bond acceptors (Lipinski definition) is 3. The van der Waals surface area contributed by atoms with Crippen LogP contribution in [-0.2, 0) is 17.8 Å². The Morgan fingerprint density at radius 1 is 1.00 bits per heavy atom. The Morgan fingerprint density at radius 2 is 1.72 bits per heavy atom. The minimum Gasteiger partial charge on any atom is -0.303 e. The van der Waals surface area contributed by atoms with Crippen LogP contribution >= 0.6 is 23.2 Å². The fourth-order valence-corrected chi connectivity index (χ4v) is 3.75. The van der Waals surface area contributed by atoms with Crippen molar-refractivity contribution in [2.24, 2.45) is 0 Å². The third-order valence-corrected chi connectivity index (χ3v) is 5.97. The molecule has 2 aromatic carbocycles. The van der Waals surface area contributed by atoms with E-state index in [2.05, 4.69) is 10.4 Å². The zero-order chi connectivity index (χ0) is 23.0. The number of urea groups is 1. The molecule has 0 atom stereocenters. The Hall–Kier alpha value is -3.29. The maximum absolute atomic E-state index is 13.1. The SMILES string of the molecule is CCc1[nH]n(-c2ccc(Cl)c(Cl)c2)c(=O)c1C=C1NC(=O)N(Cc2ccc(C)cc2)C1=O. The third-order valence-electron chi connectivity index (χ3n) is 5.23. The van der Waals surface area contributed by atoms with Crippen LogP contribution in [0.25, 0.3) is 11.8 Å². The highest BCUT2D eigenvalue weighted by Gasteiger charge is 2.34. The van der Waals surface area contributed by atoms with Crippen LogP contribution in [0.5, 0.6) is 0 Å². The topological polar surface area (TPSA) is 87.2 Å². The van der Waals surface area contributed by atoms with Crippen molar-refractivity contribution < 1.29 is 9.59 Å². The van der Waals surface area contributed by atoms with Crippen molar-refractivity contribution in [1.29, 1.82) is 0 Å². The van der Waals surface area contributed by atoms with Crippen LogP contribution in [-0.4, -0.2) is 26.6 Å². The van der Waals surface area contributed by atoms with Gasteiger partial charge in [0.05, 0.1) is 27.8 Å². The van der Waals surface area contributed by atoms with Crippen LogP contribution < -0.4 is 10.9 Å². The summed E-state index contributed by atoms with van der Waals surface area (Å²) in [7, 11) is 0. The first-order valence-corrected chi connectivity index (χ1v) is 10.7. The predicted octanol–water partition coefficient (Wildman–Crippen LogP) is 4.44. The van der Waals surface area contributed by atoms with E-state index in [4.69, 9.17) is 23.2 Å². The molecule has 0 bridgehead atoms. The summed E-state index contributed by atoms with van der Waals surface area (Å²) in [6.45, 7) is 3.99. The highest BCUT2D eigenvalue weighted by atomic mass is 35.5. The fourth-order valence-electron chi connectivity index (χ4n) is 3.46. The molecule has 0 spiro atoms. The minimum absolute atomic E-state index is 0.0502. The highest BCUT2D eigenvalue weighted by molar-refractivity contribution is 6.42. The molecule has 7 nitrogen and oxygen atoms in total. The molecule has 1 aliphatic heterocycles. The lowest BCUT2D eigenvalue weighted by molar-refractivity contribution is -0.123. The summed E-state index contributed by atoms with van der Waals surface area (Å²) in [4.78, 5) is 39.5. The van der Waals surface area contributed by atoms with Gasteiger partial charge in [-0.15, -0.1) is 0 Å². The van der Waals surface area contributed by atoms with Crippen molar-refractivity contribution in [2.75, 3.05) is 0 Å². The molecule has 2 N–H and O–H groups in total. The summed E-state index contributed by atoms with van der Waals surface area (Å²) in [6, 6.07) is 11.9. The number of benzene rings is 2. The lowest BCUT2D eigenvalue weighted by Gasteiger charge is -2.11. The van der Waals surface area contributed by atoms with Gasteiger partial charge in [-0.05, 0) is 43.2 Å². The van der Waals surface area contributed by atoms with E-state index in [-0.39, 0.29) is 17.8 Å². The lowest BCUT2D eigenvalue weighted by atomic mass is 10.1. The van der Waals surface area contributed by atoms with E-state index in [1.165, 1.54) is 10.8 Å². The molecule has 32 heavy (non-hydrogen) atoms. The first kappa shape index (κ1) is 21.9. The molecule has 0 unspecified atom stereocenters. The molecule has 0 aliphatic carbocycles. The number of rotatable bonds is 5. The first-order chi connectivity index (χ1) is 15.3. The second-order valence-electron chi connectivity index (χ2n) is 7.46. The van der Waals surface area contributed by atoms with Gasteiger partial charge in [0.25, 0.3) is 11.5 Å². The zero-order valence-corrected chi connectivity index (χ0v) is 18.9. The number of aromatic nitrogens is 2. The molecular weight excluding hydrogens is 451 g/mol. The van der Waals surface area contributed by atoms with Gasteiger partial charge in [-0.1, -0.05) is 60.0 Å². The molecule has 1 aromatic heterocycles. The number of aryl methyl sites for hydroxylation is 2. The summed E-state index contributed by atoms with van der Waals surface area (Å²) in [5.74, 6) is -0.487. The Labute approximate surface area is 194 Å². The molecule has 1 fully saturated rings. The van der Waals surface area contributed by atoms with Crippen molar-refractivity contribution in [3.05, 3.63) is 90.9 Å². The van der Waals surface area contributed by atoms with Crippen molar-refractivity contribution in [3.8, 4) is 5.69 Å². The normalized spacial score (nSPS) is 15.0. The number of carbonyl (C=O) groups is 2. The average molecular weight is 471 g/mol. The van der Waals surface area contributed by atoms with Gasteiger partial charge in [0, 0.05) is 5.69 Å². The number of H-pyrrole nitrogens is 1. The van der Waals surface area contributed by atoms with E-state index in [0.717, 1.165) is 16.0 Å². The van der Waals surface area contributed by atoms with E-state index in [9.17, 15) is 14.4 Å². The standard InChI is InChI=1S/C23H20Cl2N4O3/c1-3-19-16(21(30)29(27-19)15-8-9-17(24)18(25)10-15)11-20-22(31)28(23(32)26-20)12-14-6-4-13(2)5-7-14/h4-11,27H,3,12H2,1-2H3,(H,26,32). The van der Waals surface area contributed by atoms with Gasteiger partial charge < -0.3 is 5.32 Å². The van der Waals surface area contributed by atoms with Gasteiger partial charge in [-0.2, -0.15) is 0 Å². The third kappa shape index (κ3) is 4.09. The molecule has 1 aliphatic rings. The molecule has 164 valence electrons. The average Bonchev–Trinajstić information content (AvgIpc) is 3.22. The number of imide groups is 1. The molecule has 0 radical (unpaired) electrons. The summed E-state index contributed by atoms with van der Waals surface area (Å²) in [6.07, 6.45) is 1.93. The van der Waals surface area contributed by atoms with Crippen LogP contribution in [0.1, 0.15) is 29.3 Å². The Balaban J connectivity index is 1.67. The maximum atomic E-state index is 13.1. The van der Waals surface area contributed by atoms with Gasteiger partial charge in [-0.3, -0.25) is 19.6 Å². The number of amides is 3. The predicted molar refractivity (Wildman–Crippen MR) is 124 cm³/mol. The summed E-state index contributed by atoms with van der Waals surface area (Å²) in [5.41, 5.74) is 3.02. The molecule has 3 amide bonds. The molecule has 0 saturated carbocycles. The van der Waals surface area contributed by atoms with E-state index >= 15 is 0 Å². The minimum atomic E-state index is -0.528. The van der Waals surface area contributed by atoms with Crippen LogP contribution in [0, 0.1) is 6.92 Å². The Bertz CT molecular complexity index is 1310. The monoisotopic (exact) mass is 470 g/mol. The van der Waals surface area contributed by atoms with Crippen molar-refractivity contribution >= 4 is 41.2 Å². The van der Waals surface area contributed by atoms with Gasteiger partial charge >= 0.3 is 6.03 Å². The Morgan fingerprint density at radius 3 is 2.38 bits per heavy atom. The van der Waals surface area contributed by atoms with Crippen LogP contribution in [0.4, 0.5) is 4.79 Å². The summed E-state index contributed by atoms with van der Waals surface area (Å²) >= 11 is 12.1. The molecular formula is C23H20Cl2N4O3. The van der Waals surface area contributed by atoms with E-state index in [1.54, 1.807) is 18.2 Å². The largest absolute Gasteiger partial charge is 0.329 e. The number of carbonyl (C=O) groups excluding carboxylic acids is 2. The molecule has 1 saturated heterocycles. The van der Waals surface area contributed by atoms with Crippen LogP contribution in [0.15, 0.2) is 53.0 Å². The number of hydrogen-bond donors (Lipinski definition) is 2. The quantitative estimate of drug-likeness (QED) is 0.426. The van der Waals surface area contributed by atoms with E-state index in [1.807, 2.05) is 38.1 Å². The number of halogens is 2. The second-order valence-corrected chi connectivity index (χ2v) is 8.28. The van der Waals surface area contributed by atoms with Crippen LogP contribution in [0.2, 0.25) is 10.0 Å². The first-order valence-electron chi connectivity index (χ1n) is 9.98. The summed E-state index contributed by atoms with van der Waals surface area (Å²) < 4.78 is 1.33. The maximum Gasteiger partial charge on any atom is 0.329 e. The van der Waals surface area contributed by atoms with Gasteiger partial charge in [0.15, 0.2) is 0 Å². The lowest BCUT2D eigenvalue weighted by Crippen LogP contribution is -2.30. The molecule has 3 aromatic rings. The number of aromatic amines is 1. The Kier molecular flexibility index (Phi) is 5.95. The summed E-state index contributed by atoms with van der Waals surface area (Å²) in [5, 5.41) is 6.30. The van der Waals surface area contributed by atoms with E-state index < -0.39 is 11.9 Å². The second kappa shape index (κ2) is 8.68. The van der Waals surface area contributed by atoms with Gasteiger partial charge in [-0.25, -0.2) is 9.48 Å².